The van der Waals surface area contributed by atoms with Gasteiger partial charge < -0.3 is 0 Å². The molecular weight excluding hydrogens is 497 g/mol. The van der Waals surface area contributed by atoms with Gasteiger partial charge in [-0.25, -0.2) is 0 Å². The number of hydrogen-bond acceptors (Lipinski definition) is 8. The van der Waals surface area contributed by atoms with Gasteiger partial charge in [0.05, 0.1) is 0 Å². The molecule has 0 radical (unpaired) electrons. The molecule has 0 bridgehead atoms. The predicted molar refractivity (Wildman–Crippen MR) is 155 cm³/mol. The average molecular weight is 529 g/mol. The third-order valence-corrected chi connectivity index (χ3v) is 10.6. The van der Waals surface area contributed by atoms with Crippen molar-refractivity contribution in [3.63, 3.8) is 0 Å². The molecule has 1 heterocycles. The van der Waals surface area contributed by atoms with Crippen molar-refractivity contribution in [1.82, 2.24) is 0 Å². The van der Waals surface area contributed by atoms with Gasteiger partial charge in [-0.2, -0.15) is 0 Å². The molecule has 0 unspecified atom stereocenters. The van der Waals surface area contributed by atoms with E-state index >= 15 is 0 Å². The summed E-state index contributed by atoms with van der Waals surface area (Å²) in [7, 11) is 0. The van der Waals surface area contributed by atoms with Crippen LogP contribution in [0.2, 0.25) is 0 Å². The van der Waals surface area contributed by atoms with Crippen molar-refractivity contribution in [3.05, 3.63) is 43.3 Å². The zero-order valence-corrected chi connectivity index (χ0v) is 22.9. The maximum absolute atomic E-state index is 2.27. The predicted octanol–water partition coefficient (Wildman–Crippen LogP) is 9.31. The van der Waals surface area contributed by atoms with Crippen LogP contribution in [0.5, 0.6) is 0 Å². The Labute approximate surface area is 207 Å². The molecule has 8 heteroatoms. The van der Waals surface area contributed by atoms with Crippen molar-refractivity contribution in [3.8, 4) is 0 Å². The van der Waals surface area contributed by atoms with Gasteiger partial charge in [-0.15, -0.1) is 94.1 Å². The van der Waals surface area contributed by atoms with Gasteiger partial charge in [0.15, 0.2) is 0 Å². The molecule has 0 atom stereocenters. The van der Waals surface area contributed by atoms with Crippen LogP contribution in [0.15, 0.2) is 43.3 Å². The summed E-state index contributed by atoms with van der Waals surface area (Å²) in [6.45, 7) is 0. The third kappa shape index (κ3) is 22.4. The van der Waals surface area contributed by atoms with E-state index in [0.29, 0.717) is 0 Å². The van der Waals surface area contributed by atoms with Gasteiger partial charge in [0.25, 0.3) is 0 Å². The maximum Gasteiger partial charge on any atom is -0.00178 e. The van der Waals surface area contributed by atoms with E-state index in [1.54, 1.807) is 0 Å². The first-order valence-electron chi connectivity index (χ1n) is 9.53. The van der Waals surface area contributed by atoms with Crippen LogP contribution in [0.3, 0.4) is 0 Å². The van der Waals surface area contributed by atoms with Crippen LogP contribution in [-0.2, 0) is 0 Å². The minimum absolute atomic E-state index is 1.23. The van der Waals surface area contributed by atoms with Crippen molar-refractivity contribution in [1.29, 1.82) is 0 Å². The number of rotatable bonds is 0. The van der Waals surface area contributed by atoms with E-state index in [9.17, 15) is 0 Å². The van der Waals surface area contributed by atoms with E-state index in [-0.39, 0.29) is 0 Å². The van der Waals surface area contributed by atoms with E-state index in [2.05, 4.69) is 43.3 Å². The standard InChI is InChI=1S/C20H32S8/c1-5-21-13-15-23-7-2-9-25-17-19-27-11-4-12-28-20-18-26-10-3-8-24-16-14-22-6-1/h13-20H,1-12H2/b15-13-,16-14-,19-17-,20-18-. The highest BCUT2D eigenvalue weighted by molar-refractivity contribution is 8.07. The minimum Gasteiger partial charge on any atom is -0.134 e. The van der Waals surface area contributed by atoms with Gasteiger partial charge in [-0.1, -0.05) is 0 Å². The van der Waals surface area contributed by atoms with Gasteiger partial charge >= 0.3 is 0 Å². The molecule has 0 amide bonds. The normalized spacial score (nSPS) is 26.3. The van der Waals surface area contributed by atoms with Crippen LogP contribution in [0.1, 0.15) is 25.7 Å². The molecule has 0 N–H and O–H groups in total. The van der Waals surface area contributed by atoms with Gasteiger partial charge in [0, 0.05) is 0 Å². The quantitative estimate of drug-likeness (QED) is 0.301. The molecule has 0 nitrogen and oxygen atoms in total. The van der Waals surface area contributed by atoms with Crippen molar-refractivity contribution in [2.45, 2.75) is 25.7 Å². The molecule has 0 aromatic rings. The molecule has 1 aliphatic heterocycles. The molecule has 0 aliphatic carbocycles. The molecule has 0 aromatic carbocycles. The summed E-state index contributed by atoms with van der Waals surface area (Å²) in [5.74, 6) is 9.83. The van der Waals surface area contributed by atoms with Crippen LogP contribution >= 0.6 is 94.1 Å². The molecule has 28 heavy (non-hydrogen) atoms. The highest BCUT2D eigenvalue weighted by Gasteiger charge is 1.91. The molecule has 0 saturated carbocycles. The molecule has 160 valence electrons. The summed E-state index contributed by atoms with van der Waals surface area (Å²) in [4.78, 5) is 0. The average Bonchev–Trinajstić information content (AvgIpc) is 2.71. The van der Waals surface area contributed by atoms with E-state index in [1.165, 1.54) is 71.7 Å². The largest absolute Gasteiger partial charge is 0.134 e. The Kier molecular flexibility index (Phi) is 24.8. The monoisotopic (exact) mass is 528 g/mol. The lowest BCUT2D eigenvalue weighted by Gasteiger charge is -1.98. The summed E-state index contributed by atoms with van der Waals surface area (Å²) in [6, 6.07) is 0. The lowest BCUT2D eigenvalue weighted by atomic mass is 10.6. The van der Waals surface area contributed by atoms with Crippen LogP contribution < -0.4 is 0 Å². The van der Waals surface area contributed by atoms with Crippen LogP contribution in [0.4, 0.5) is 0 Å². The van der Waals surface area contributed by atoms with Crippen molar-refractivity contribution in [2.24, 2.45) is 0 Å². The minimum atomic E-state index is 1.23. The van der Waals surface area contributed by atoms with Crippen LogP contribution in [-0.4, -0.2) is 46.0 Å². The molecule has 0 aromatic heterocycles. The molecule has 0 fully saturated rings. The highest BCUT2D eigenvalue weighted by Crippen LogP contribution is 2.18. The van der Waals surface area contributed by atoms with E-state index in [1.807, 2.05) is 94.1 Å². The first-order valence-corrected chi connectivity index (χ1v) is 17.9. The first-order chi connectivity index (χ1) is 14.0. The SMILES string of the molecule is C1=C\SCCCS/C=C\SCCCS/C=C\SCCCS/C=C\SCCCS/1. The molecule has 1 rings (SSSR count). The Hall–Kier alpha value is 1.76. The lowest BCUT2D eigenvalue weighted by Crippen LogP contribution is -1.82. The highest BCUT2D eigenvalue weighted by atomic mass is 32.2. The summed E-state index contributed by atoms with van der Waals surface area (Å²) in [6.07, 6.45) is 5.12. The van der Waals surface area contributed by atoms with E-state index in [0.717, 1.165) is 0 Å². The Morgan fingerprint density at radius 3 is 0.536 bits per heavy atom. The number of hydrogen-bond donors (Lipinski definition) is 0. The molecular formula is C20H32S8. The Morgan fingerprint density at radius 1 is 0.250 bits per heavy atom. The molecule has 0 spiro atoms. The second-order valence-electron chi connectivity index (χ2n) is 5.47. The summed E-state index contributed by atoms with van der Waals surface area (Å²) >= 11 is 15.6. The van der Waals surface area contributed by atoms with Gasteiger partial charge in [-0.3, -0.25) is 0 Å². The Morgan fingerprint density at radius 2 is 0.393 bits per heavy atom. The molecule has 0 saturated heterocycles. The fourth-order valence-corrected chi connectivity index (χ4v) is 8.58. The first kappa shape index (κ1) is 27.8. The summed E-state index contributed by atoms with van der Waals surface area (Å²) < 4.78 is 0. The van der Waals surface area contributed by atoms with E-state index in [4.69, 9.17) is 0 Å². The zero-order chi connectivity index (χ0) is 19.8. The lowest BCUT2D eigenvalue weighted by molar-refractivity contribution is 1.13. The second kappa shape index (κ2) is 25.0. The van der Waals surface area contributed by atoms with Crippen molar-refractivity contribution >= 4 is 94.1 Å². The third-order valence-electron chi connectivity index (χ3n) is 3.09. The smallest absolute Gasteiger partial charge is 0.00178 e. The summed E-state index contributed by atoms with van der Waals surface area (Å²) in [5, 5.41) is 18.2. The van der Waals surface area contributed by atoms with Crippen molar-refractivity contribution in [2.75, 3.05) is 46.0 Å². The fourth-order valence-electron chi connectivity index (χ4n) is 1.76. The second-order valence-corrected chi connectivity index (χ2v) is 13.6. The topological polar surface area (TPSA) is 0 Å². The van der Waals surface area contributed by atoms with Crippen molar-refractivity contribution < 1.29 is 0 Å². The molecule has 1 aliphatic rings. The zero-order valence-electron chi connectivity index (χ0n) is 16.4. The van der Waals surface area contributed by atoms with Gasteiger partial charge in [-0.05, 0) is 115 Å². The van der Waals surface area contributed by atoms with Crippen LogP contribution in [0.25, 0.3) is 0 Å². The Balaban J connectivity index is 2.15. The fraction of sp³-hybridized carbons (Fsp3) is 0.600. The Bertz CT molecular complexity index is 322. The maximum atomic E-state index is 2.27. The summed E-state index contributed by atoms with van der Waals surface area (Å²) in [5.41, 5.74) is 0. The van der Waals surface area contributed by atoms with Gasteiger partial charge in [0.1, 0.15) is 0 Å². The van der Waals surface area contributed by atoms with E-state index < -0.39 is 0 Å². The van der Waals surface area contributed by atoms with Crippen LogP contribution in [0, 0.1) is 0 Å². The van der Waals surface area contributed by atoms with Gasteiger partial charge in [0.2, 0.25) is 0 Å². The number of thioether (sulfide) groups is 8.